The number of hydrogen-bond acceptors (Lipinski definition) is 3. The Labute approximate surface area is 130 Å². The molecule has 0 bridgehead atoms. The van der Waals surface area contributed by atoms with E-state index in [4.69, 9.17) is 9.78 Å². The van der Waals surface area contributed by atoms with Crippen LogP contribution in [0.15, 0.2) is 54.6 Å². The lowest BCUT2D eigenvalue weighted by Gasteiger charge is -2.30. The van der Waals surface area contributed by atoms with E-state index < -0.39 is 11.2 Å². The number of carbonyl (C=O) groups excluding carboxylic acids is 1. The van der Waals surface area contributed by atoms with Crippen molar-refractivity contribution in [2.24, 2.45) is 0 Å². The minimum absolute atomic E-state index is 0.246. The Morgan fingerprint density at radius 2 is 1.59 bits per heavy atom. The molecule has 4 nitrogen and oxygen atoms in total. The molecular formula is C18H19NO3. The molecule has 22 heavy (non-hydrogen) atoms. The summed E-state index contributed by atoms with van der Waals surface area (Å²) >= 11 is 0. The minimum Gasteiger partial charge on any atom is -0.322 e. The van der Waals surface area contributed by atoms with E-state index >= 15 is 0 Å². The Bertz CT molecular complexity index is 691. The Balaban J connectivity index is 2.14. The molecule has 1 amide bonds. The van der Waals surface area contributed by atoms with Crippen molar-refractivity contribution in [2.75, 3.05) is 5.32 Å². The standard InChI is InChI=1S/C18H19NO3/c1-17(2,3)21-22-18(13-9-5-4-6-10-13)14-11-7-8-12-15(14)19-16(18)20/h4-12H,1-3H3,(H,19,20). The molecule has 0 aromatic heterocycles. The van der Waals surface area contributed by atoms with Crippen LogP contribution in [0.5, 0.6) is 0 Å². The zero-order valence-electron chi connectivity index (χ0n) is 12.9. The molecule has 0 aliphatic carbocycles. The number of benzene rings is 2. The van der Waals surface area contributed by atoms with Crippen LogP contribution in [-0.2, 0) is 20.2 Å². The van der Waals surface area contributed by atoms with Crippen LogP contribution in [0, 0.1) is 0 Å². The van der Waals surface area contributed by atoms with Crippen molar-refractivity contribution in [3.05, 3.63) is 65.7 Å². The molecule has 1 aliphatic rings. The lowest BCUT2D eigenvalue weighted by Crippen LogP contribution is -2.40. The van der Waals surface area contributed by atoms with Gasteiger partial charge in [0.2, 0.25) is 5.60 Å². The van der Waals surface area contributed by atoms with Crippen LogP contribution in [0.1, 0.15) is 31.9 Å². The summed E-state index contributed by atoms with van der Waals surface area (Å²) in [6.07, 6.45) is 0. The van der Waals surface area contributed by atoms with Gasteiger partial charge in [0.15, 0.2) is 0 Å². The summed E-state index contributed by atoms with van der Waals surface area (Å²) in [5, 5.41) is 2.88. The number of amides is 1. The second-order valence-electron chi connectivity index (χ2n) is 6.33. The Morgan fingerprint density at radius 1 is 0.955 bits per heavy atom. The molecule has 1 heterocycles. The van der Waals surface area contributed by atoms with Crippen LogP contribution in [0.3, 0.4) is 0 Å². The predicted molar refractivity (Wildman–Crippen MR) is 84.2 cm³/mol. The van der Waals surface area contributed by atoms with Crippen LogP contribution in [0.2, 0.25) is 0 Å². The highest BCUT2D eigenvalue weighted by atomic mass is 17.2. The third-order valence-corrected chi connectivity index (χ3v) is 3.47. The van der Waals surface area contributed by atoms with E-state index in [0.717, 1.165) is 16.8 Å². The third-order valence-electron chi connectivity index (χ3n) is 3.47. The van der Waals surface area contributed by atoms with Crippen molar-refractivity contribution < 1.29 is 14.6 Å². The molecular weight excluding hydrogens is 278 g/mol. The van der Waals surface area contributed by atoms with Crippen molar-refractivity contribution in [1.29, 1.82) is 0 Å². The molecule has 0 radical (unpaired) electrons. The van der Waals surface area contributed by atoms with Gasteiger partial charge >= 0.3 is 0 Å². The lowest BCUT2D eigenvalue weighted by molar-refractivity contribution is -0.388. The summed E-state index contributed by atoms with van der Waals surface area (Å²) < 4.78 is 0. The number of hydrogen-bond donors (Lipinski definition) is 1. The van der Waals surface area contributed by atoms with Crippen molar-refractivity contribution in [3.8, 4) is 0 Å². The van der Waals surface area contributed by atoms with E-state index in [2.05, 4.69) is 5.32 Å². The second kappa shape index (κ2) is 5.23. The van der Waals surface area contributed by atoms with E-state index in [1.165, 1.54) is 0 Å². The summed E-state index contributed by atoms with van der Waals surface area (Å²) in [6, 6.07) is 16.9. The van der Waals surface area contributed by atoms with Gasteiger partial charge in [-0.2, -0.15) is 0 Å². The molecule has 1 atom stereocenters. The first-order valence-corrected chi connectivity index (χ1v) is 7.27. The molecule has 0 saturated heterocycles. The average molecular weight is 297 g/mol. The number of rotatable bonds is 3. The molecule has 2 aromatic rings. The van der Waals surface area contributed by atoms with Crippen molar-refractivity contribution in [1.82, 2.24) is 0 Å². The van der Waals surface area contributed by atoms with Crippen LogP contribution in [0.4, 0.5) is 5.69 Å². The molecule has 4 heteroatoms. The van der Waals surface area contributed by atoms with Gasteiger partial charge in [-0.05, 0) is 26.8 Å². The maximum Gasteiger partial charge on any atom is 0.269 e. The first-order valence-electron chi connectivity index (χ1n) is 7.27. The first-order chi connectivity index (χ1) is 10.4. The largest absolute Gasteiger partial charge is 0.322 e. The number of anilines is 1. The van der Waals surface area contributed by atoms with Crippen LogP contribution >= 0.6 is 0 Å². The van der Waals surface area contributed by atoms with Gasteiger partial charge in [0.05, 0.1) is 5.60 Å². The SMILES string of the molecule is CC(C)(C)OOC1(c2ccccc2)C(=O)Nc2ccccc21. The fraction of sp³-hybridized carbons (Fsp3) is 0.278. The van der Waals surface area contributed by atoms with E-state index in [0.29, 0.717) is 0 Å². The minimum atomic E-state index is -1.29. The van der Waals surface area contributed by atoms with Crippen molar-refractivity contribution >= 4 is 11.6 Å². The Hall–Kier alpha value is -2.17. The van der Waals surface area contributed by atoms with Gasteiger partial charge in [-0.1, -0.05) is 48.5 Å². The summed E-state index contributed by atoms with van der Waals surface area (Å²) in [6.45, 7) is 5.64. The Morgan fingerprint density at radius 3 is 2.27 bits per heavy atom. The molecule has 1 unspecified atom stereocenters. The van der Waals surface area contributed by atoms with Crippen molar-refractivity contribution in [2.45, 2.75) is 32.0 Å². The van der Waals surface area contributed by atoms with Gasteiger partial charge in [-0.25, -0.2) is 9.78 Å². The highest BCUT2D eigenvalue weighted by Crippen LogP contribution is 2.44. The average Bonchev–Trinajstić information content (AvgIpc) is 2.78. The van der Waals surface area contributed by atoms with Crippen LogP contribution in [-0.4, -0.2) is 11.5 Å². The van der Waals surface area contributed by atoms with Gasteiger partial charge in [-0.3, -0.25) is 4.79 Å². The van der Waals surface area contributed by atoms with E-state index in [-0.39, 0.29) is 5.91 Å². The maximum atomic E-state index is 12.8. The molecule has 3 rings (SSSR count). The monoisotopic (exact) mass is 297 g/mol. The molecule has 0 saturated carbocycles. The van der Waals surface area contributed by atoms with Crippen molar-refractivity contribution in [3.63, 3.8) is 0 Å². The summed E-state index contributed by atoms with van der Waals surface area (Å²) in [5.41, 5.74) is 0.427. The summed E-state index contributed by atoms with van der Waals surface area (Å²) in [4.78, 5) is 24.1. The predicted octanol–water partition coefficient (Wildman–Crippen LogP) is 3.63. The Kier molecular flexibility index (Phi) is 3.51. The number of para-hydroxylation sites is 1. The molecule has 1 N–H and O–H groups in total. The van der Waals surface area contributed by atoms with Crippen LogP contribution in [0.25, 0.3) is 0 Å². The molecule has 2 aromatic carbocycles. The van der Waals surface area contributed by atoms with Gasteiger partial charge in [0, 0.05) is 16.8 Å². The fourth-order valence-corrected chi connectivity index (χ4v) is 2.51. The highest BCUT2D eigenvalue weighted by Gasteiger charge is 2.51. The molecule has 1 aliphatic heterocycles. The molecule has 114 valence electrons. The quantitative estimate of drug-likeness (QED) is 0.695. The smallest absolute Gasteiger partial charge is 0.269 e. The van der Waals surface area contributed by atoms with E-state index in [1.807, 2.05) is 75.4 Å². The van der Waals surface area contributed by atoms with Crippen LogP contribution < -0.4 is 5.32 Å². The lowest BCUT2D eigenvalue weighted by atomic mass is 9.87. The van der Waals surface area contributed by atoms with Gasteiger partial charge < -0.3 is 5.32 Å². The first kappa shape index (κ1) is 14.8. The normalized spacial score (nSPS) is 20.6. The molecule has 0 fully saturated rings. The van der Waals surface area contributed by atoms with Gasteiger partial charge in [-0.15, -0.1) is 0 Å². The zero-order chi connectivity index (χ0) is 15.8. The van der Waals surface area contributed by atoms with Gasteiger partial charge in [0.1, 0.15) is 0 Å². The number of nitrogens with one attached hydrogen (secondary N) is 1. The second-order valence-corrected chi connectivity index (χ2v) is 6.33. The van der Waals surface area contributed by atoms with E-state index in [1.54, 1.807) is 0 Å². The van der Waals surface area contributed by atoms with E-state index in [9.17, 15) is 4.79 Å². The maximum absolute atomic E-state index is 12.8. The van der Waals surface area contributed by atoms with Gasteiger partial charge in [0.25, 0.3) is 5.91 Å². The zero-order valence-corrected chi connectivity index (χ0v) is 12.9. The highest BCUT2D eigenvalue weighted by molar-refractivity contribution is 6.07. The number of fused-ring (bicyclic) bond motifs is 1. The number of carbonyl (C=O) groups is 1. The molecule has 0 spiro atoms. The summed E-state index contributed by atoms with van der Waals surface area (Å²) in [7, 11) is 0. The topological polar surface area (TPSA) is 47.6 Å². The fourth-order valence-electron chi connectivity index (χ4n) is 2.51. The third kappa shape index (κ3) is 2.40. The summed E-state index contributed by atoms with van der Waals surface area (Å²) in [5.74, 6) is -0.246.